The van der Waals surface area contributed by atoms with Crippen molar-refractivity contribution in [1.82, 2.24) is 0 Å². The minimum absolute atomic E-state index is 0.00384. The van der Waals surface area contributed by atoms with Gasteiger partial charge in [0.2, 0.25) is 0 Å². The Morgan fingerprint density at radius 3 is 2.50 bits per heavy atom. The summed E-state index contributed by atoms with van der Waals surface area (Å²) in [6.07, 6.45) is 3.32. The third-order valence-electron chi connectivity index (χ3n) is 5.41. The molecule has 1 aromatic carbocycles. The summed E-state index contributed by atoms with van der Waals surface area (Å²) < 4.78 is 47.7. The number of halogens is 4. The molecule has 192 valence electrons. The van der Waals surface area contributed by atoms with Crippen LogP contribution in [0.1, 0.15) is 39.7 Å². The lowest BCUT2D eigenvalue weighted by Crippen LogP contribution is -2.25. The first-order valence-corrected chi connectivity index (χ1v) is 12.4. The molecular formula is C24H21Cl2F2NO6S. The van der Waals surface area contributed by atoms with E-state index in [1.807, 2.05) is 0 Å². The normalized spacial score (nSPS) is 13.9. The zero-order valence-corrected chi connectivity index (χ0v) is 21.2. The van der Waals surface area contributed by atoms with Gasteiger partial charge in [0, 0.05) is 12.0 Å². The van der Waals surface area contributed by atoms with Crippen LogP contribution in [0.5, 0.6) is 16.6 Å². The van der Waals surface area contributed by atoms with E-state index in [0.29, 0.717) is 38.3 Å². The first kappa shape index (κ1) is 26.2. The maximum Gasteiger partial charge on any atom is 0.387 e. The van der Waals surface area contributed by atoms with Crippen LogP contribution in [-0.2, 0) is 11.2 Å². The Morgan fingerprint density at radius 2 is 1.89 bits per heavy atom. The van der Waals surface area contributed by atoms with Crippen LogP contribution in [0.4, 0.5) is 8.78 Å². The van der Waals surface area contributed by atoms with E-state index in [0.717, 1.165) is 36.6 Å². The molecular weight excluding hydrogens is 539 g/mol. The van der Waals surface area contributed by atoms with E-state index in [-0.39, 0.29) is 28.0 Å². The molecule has 7 nitrogen and oxygen atoms in total. The summed E-state index contributed by atoms with van der Waals surface area (Å²) in [4.78, 5) is 13.2. The van der Waals surface area contributed by atoms with Gasteiger partial charge in [-0.2, -0.15) is 13.5 Å². The van der Waals surface area contributed by atoms with Gasteiger partial charge in [0.1, 0.15) is 21.0 Å². The Labute approximate surface area is 219 Å². The molecule has 0 amide bonds. The third kappa shape index (κ3) is 6.68. The van der Waals surface area contributed by atoms with Crippen molar-refractivity contribution in [3.63, 3.8) is 0 Å². The Bertz CT molecular complexity index is 1210. The van der Waals surface area contributed by atoms with Crippen molar-refractivity contribution in [2.45, 2.75) is 32.0 Å². The standard InChI is InChI=1S/C24H21Cl2F2NO6S/c1-32-22-7-6-21(36-22)23(30)34-19(9-15-16(25)10-29(31)11-17(15)26)14-4-5-18(35-24(27)28)20(8-14)33-12-13-2-3-13/h4-8,10-11,13,19,24H,2-3,9,12H2,1H3/t19-/m0/s1. The van der Waals surface area contributed by atoms with E-state index in [9.17, 15) is 18.8 Å². The maximum absolute atomic E-state index is 13.0. The molecule has 0 N–H and O–H groups in total. The molecule has 4 rings (SSSR count). The number of carbonyl (C=O) groups is 1. The number of aromatic nitrogens is 1. The van der Waals surface area contributed by atoms with Gasteiger partial charge < -0.3 is 24.2 Å². The van der Waals surface area contributed by atoms with Crippen LogP contribution in [0, 0.1) is 11.1 Å². The number of rotatable bonds is 11. The van der Waals surface area contributed by atoms with Crippen LogP contribution in [-0.4, -0.2) is 26.3 Å². The van der Waals surface area contributed by atoms with Gasteiger partial charge in [-0.15, -0.1) is 0 Å². The minimum atomic E-state index is -3.04. The monoisotopic (exact) mass is 559 g/mol. The molecule has 0 bridgehead atoms. The lowest BCUT2D eigenvalue weighted by Gasteiger charge is -2.21. The van der Waals surface area contributed by atoms with E-state index < -0.39 is 18.7 Å². The molecule has 2 heterocycles. The Morgan fingerprint density at radius 1 is 1.17 bits per heavy atom. The summed E-state index contributed by atoms with van der Waals surface area (Å²) in [5, 5.41) is 12.4. The molecule has 3 aromatic rings. The van der Waals surface area contributed by atoms with Crippen LogP contribution < -0.4 is 18.9 Å². The Kier molecular flexibility index (Phi) is 8.38. The summed E-state index contributed by atoms with van der Waals surface area (Å²) >= 11 is 13.6. The van der Waals surface area contributed by atoms with E-state index in [1.165, 1.54) is 25.3 Å². The Hall–Kier alpha value is -2.82. The van der Waals surface area contributed by atoms with Crippen LogP contribution in [0.2, 0.25) is 10.0 Å². The van der Waals surface area contributed by atoms with Gasteiger partial charge in [-0.3, -0.25) is 0 Å². The lowest BCUT2D eigenvalue weighted by atomic mass is 10.0. The minimum Gasteiger partial charge on any atom is -0.619 e. The average molecular weight is 560 g/mol. The fourth-order valence-electron chi connectivity index (χ4n) is 3.39. The highest BCUT2D eigenvalue weighted by molar-refractivity contribution is 7.15. The third-order valence-corrected chi connectivity index (χ3v) is 7.09. The highest BCUT2D eigenvalue weighted by atomic mass is 35.5. The molecule has 12 heteroatoms. The number of esters is 1. The van der Waals surface area contributed by atoms with E-state index >= 15 is 0 Å². The highest BCUT2D eigenvalue weighted by Crippen LogP contribution is 2.38. The van der Waals surface area contributed by atoms with Crippen molar-refractivity contribution < 1.29 is 37.3 Å². The molecule has 0 aliphatic heterocycles. The molecule has 1 aliphatic rings. The summed E-state index contributed by atoms with van der Waals surface area (Å²) in [5.41, 5.74) is 0.811. The SMILES string of the molecule is COc1ccc(C(=O)O[C@@H](Cc2c(Cl)c[n+]([O-])cc2Cl)c2ccc(OC(F)F)c(OCC3CC3)c2)s1. The topological polar surface area (TPSA) is 80.9 Å². The van der Waals surface area contributed by atoms with Crippen LogP contribution >= 0.6 is 34.5 Å². The van der Waals surface area contributed by atoms with Gasteiger partial charge in [-0.1, -0.05) is 40.6 Å². The van der Waals surface area contributed by atoms with Gasteiger partial charge in [-0.25, -0.2) is 4.79 Å². The zero-order chi connectivity index (χ0) is 25.8. The highest BCUT2D eigenvalue weighted by Gasteiger charge is 2.27. The second-order valence-electron chi connectivity index (χ2n) is 8.05. The first-order chi connectivity index (χ1) is 17.2. The van der Waals surface area contributed by atoms with Gasteiger partial charge in [-0.05, 0) is 48.6 Å². The predicted molar refractivity (Wildman–Crippen MR) is 129 cm³/mol. The van der Waals surface area contributed by atoms with Gasteiger partial charge >= 0.3 is 12.6 Å². The second-order valence-corrected chi connectivity index (χ2v) is 9.91. The van der Waals surface area contributed by atoms with Crippen molar-refractivity contribution in [2.75, 3.05) is 13.7 Å². The molecule has 0 saturated heterocycles. The van der Waals surface area contributed by atoms with Crippen molar-refractivity contribution in [3.8, 4) is 16.6 Å². The summed E-state index contributed by atoms with van der Waals surface area (Å²) in [6.45, 7) is -2.69. The molecule has 1 saturated carbocycles. The van der Waals surface area contributed by atoms with E-state index in [4.69, 9.17) is 37.4 Å². The fraction of sp³-hybridized carbons (Fsp3) is 0.333. The summed E-state index contributed by atoms with van der Waals surface area (Å²) in [5.74, 6) is -0.313. The molecule has 1 aliphatic carbocycles. The molecule has 0 unspecified atom stereocenters. The summed E-state index contributed by atoms with van der Waals surface area (Å²) in [6, 6.07) is 7.52. The molecule has 36 heavy (non-hydrogen) atoms. The number of carbonyl (C=O) groups excluding carboxylic acids is 1. The predicted octanol–water partition coefficient (Wildman–Crippen LogP) is 6.23. The maximum atomic E-state index is 13.0. The number of thiophene rings is 1. The van der Waals surface area contributed by atoms with Crippen molar-refractivity contribution in [1.29, 1.82) is 0 Å². The number of methoxy groups -OCH3 is 1. The fourth-order valence-corrected chi connectivity index (χ4v) is 4.69. The summed E-state index contributed by atoms with van der Waals surface area (Å²) in [7, 11) is 1.48. The van der Waals surface area contributed by atoms with Gasteiger partial charge in [0.25, 0.3) is 0 Å². The molecule has 0 radical (unpaired) electrons. The van der Waals surface area contributed by atoms with Gasteiger partial charge in [0.05, 0.1) is 13.7 Å². The molecule has 2 aromatic heterocycles. The second kappa shape index (κ2) is 11.5. The van der Waals surface area contributed by atoms with Crippen molar-refractivity contribution in [2.24, 2.45) is 5.92 Å². The number of pyridine rings is 1. The number of hydrogen-bond acceptors (Lipinski definition) is 7. The van der Waals surface area contributed by atoms with E-state index in [2.05, 4.69) is 4.74 Å². The first-order valence-electron chi connectivity index (χ1n) is 10.9. The molecule has 1 fully saturated rings. The van der Waals surface area contributed by atoms with Crippen LogP contribution in [0.15, 0.2) is 42.7 Å². The smallest absolute Gasteiger partial charge is 0.387 e. The average Bonchev–Trinajstić information content (AvgIpc) is 3.53. The quantitative estimate of drug-likeness (QED) is 0.157. The molecule has 1 atom stereocenters. The van der Waals surface area contributed by atoms with Gasteiger partial charge in [0.15, 0.2) is 29.0 Å². The Balaban J connectivity index is 1.68. The van der Waals surface area contributed by atoms with Crippen molar-refractivity contribution in [3.05, 3.63) is 74.0 Å². The number of benzene rings is 1. The van der Waals surface area contributed by atoms with Crippen LogP contribution in [0.3, 0.4) is 0 Å². The number of hydrogen-bond donors (Lipinski definition) is 0. The van der Waals surface area contributed by atoms with Crippen LogP contribution in [0.25, 0.3) is 0 Å². The van der Waals surface area contributed by atoms with E-state index in [1.54, 1.807) is 12.1 Å². The number of nitrogens with zero attached hydrogens (tertiary/aromatic N) is 1. The number of ether oxygens (including phenoxy) is 4. The lowest BCUT2D eigenvalue weighted by molar-refractivity contribution is -0.605. The molecule has 0 spiro atoms. The van der Waals surface area contributed by atoms with Crippen molar-refractivity contribution >= 4 is 40.5 Å². The largest absolute Gasteiger partial charge is 0.619 e. The number of alkyl halides is 2. The zero-order valence-electron chi connectivity index (χ0n) is 18.9.